The molecule has 98 valence electrons. The van der Waals surface area contributed by atoms with Gasteiger partial charge in [-0.15, -0.1) is 0 Å². The van der Waals surface area contributed by atoms with Gasteiger partial charge in [-0.1, -0.05) is 27.7 Å². The van der Waals surface area contributed by atoms with Gasteiger partial charge in [-0.2, -0.15) is 0 Å². The first-order valence-corrected chi connectivity index (χ1v) is 6.16. The minimum absolute atomic E-state index is 0.144. The molecular weight excluding hydrogens is 200 g/mol. The van der Waals surface area contributed by atoms with Gasteiger partial charge in [0.2, 0.25) is 0 Å². The minimum atomic E-state index is -0.144. The van der Waals surface area contributed by atoms with E-state index in [9.17, 15) is 5.11 Å². The molecule has 3 heteroatoms. The maximum absolute atomic E-state index is 9.32. The van der Waals surface area contributed by atoms with E-state index in [1.165, 1.54) is 0 Å². The molecule has 0 atom stereocenters. The average molecular weight is 230 g/mol. The van der Waals surface area contributed by atoms with Crippen molar-refractivity contribution in [3.63, 3.8) is 0 Å². The molecule has 0 aliphatic rings. The topological polar surface area (TPSA) is 35.5 Å². The summed E-state index contributed by atoms with van der Waals surface area (Å²) in [6, 6.07) is 0.524. The molecule has 0 bridgehead atoms. The maximum Gasteiger partial charge on any atom is 0.0609 e. The summed E-state index contributed by atoms with van der Waals surface area (Å²) in [4.78, 5) is 2.23. The molecule has 0 saturated heterocycles. The largest absolute Gasteiger partial charge is 0.394 e. The number of hydrogen-bond acceptors (Lipinski definition) is 3. The van der Waals surface area contributed by atoms with Crippen LogP contribution in [0.5, 0.6) is 0 Å². The smallest absolute Gasteiger partial charge is 0.0609 e. The third-order valence-electron chi connectivity index (χ3n) is 3.07. The predicted octanol–water partition coefficient (Wildman–Crippen LogP) is 1.71. The Morgan fingerprint density at radius 3 is 2.06 bits per heavy atom. The number of aliphatic hydroxyl groups excluding tert-OH is 1. The van der Waals surface area contributed by atoms with Gasteiger partial charge in [-0.3, -0.25) is 4.90 Å². The van der Waals surface area contributed by atoms with Gasteiger partial charge in [0.25, 0.3) is 0 Å². The maximum atomic E-state index is 9.32. The Morgan fingerprint density at radius 2 is 1.69 bits per heavy atom. The van der Waals surface area contributed by atoms with Crippen LogP contribution in [0.3, 0.4) is 0 Å². The van der Waals surface area contributed by atoms with Gasteiger partial charge in [0.05, 0.1) is 6.61 Å². The van der Waals surface area contributed by atoms with Crippen molar-refractivity contribution in [2.24, 2.45) is 5.41 Å². The van der Waals surface area contributed by atoms with Crippen LogP contribution in [0.4, 0.5) is 0 Å². The quantitative estimate of drug-likeness (QED) is 0.699. The average Bonchev–Trinajstić information content (AvgIpc) is 2.14. The lowest BCUT2D eigenvalue weighted by molar-refractivity contribution is 0.0494. The molecule has 0 aliphatic heterocycles. The monoisotopic (exact) mass is 230 g/mol. The van der Waals surface area contributed by atoms with Gasteiger partial charge in [0.1, 0.15) is 0 Å². The second-order valence-electron chi connectivity index (χ2n) is 6.53. The second-order valence-corrected chi connectivity index (χ2v) is 6.53. The van der Waals surface area contributed by atoms with E-state index in [0.717, 1.165) is 13.1 Å². The van der Waals surface area contributed by atoms with Crippen molar-refractivity contribution >= 4 is 0 Å². The molecular formula is C13H30N2O. The molecule has 0 amide bonds. The van der Waals surface area contributed by atoms with Crippen LogP contribution in [0.15, 0.2) is 0 Å². The van der Waals surface area contributed by atoms with E-state index >= 15 is 0 Å². The molecule has 3 nitrogen and oxygen atoms in total. The lowest BCUT2D eigenvalue weighted by Gasteiger charge is -2.39. The summed E-state index contributed by atoms with van der Waals surface area (Å²) in [6.45, 7) is 15.1. The predicted molar refractivity (Wildman–Crippen MR) is 70.7 cm³/mol. The van der Waals surface area contributed by atoms with Crippen LogP contribution in [-0.4, -0.2) is 48.3 Å². The zero-order valence-electron chi connectivity index (χ0n) is 12.1. The lowest BCUT2D eigenvalue weighted by atomic mass is 9.90. The molecule has 0 fully saturated rings. The first-order chi connectivity index (χ1) is 7.10. The van der Waals surface area contributed by atoms with Gasteiger partial charge in [-0.05, 0) is 26.3 Å². The molecule has 0 aromatic heterocycles. The van der Waals surface area contributed by atoms with Crippen LogP contribution < -0.4 is 5.32 Å². The summed E-state index contributed by atoms with van der Waals surface area (Å²) in [6.07, 6.45) is 0. The molecule has 0 unspecified atom stereocenters. The standard InChI is InChI=1S/C13H30N2O/c1-11(2)14-8-12(3,4)9-15(7)13(5,6)10-16/h11,14,16H,8-10H2,1-7H3. The van der Waals surface area contributed by atoms with E-state index in [0.29, 0.717) is 6.04 Å². The Balaban J connectivity index is 4.24. The minimum Gasteiger partial charge on any atom is -0.394 e. The molecule has 0 spiro atoms. The third kappa shape index (κ3) is 5.83. The number of likely N-dealkylation sites (N-methyl/N-ethyl adjacent to an activating group) is 1. The Hall–Kier alpha value is -0.120. The summed E-state index contributed by atoms with van der Waals surface area (Å²) in [5.74, 6) is 0. The van der Waals surface area contributed by atoms with Crippen LogP contribution >= 0.6 is 0 Å². The number of rotatable bonds is 7. The van der Waals surface area contributed by atoms with Crippen molar-refractivity contribution in [2.75, 3.05) is 26.7 Å². The van der Waals surface area contributed by atoms with Crippen molar-refractivity contribution in [3.05, 3.63) is 0 Å². The number of nitrogens with zero attached hydrogens (tertiary/aromatic N) is 1. The zero-order chi connectivity index (χ0) is 13.0. The van der Waals surface area contributed by atoms with Crippen molar-refractivity contribution < 1.29 is 5.11 Å². The Labute approximate surface area is 101 Å². The fourth-order valence-corrected chi connectivity index (χ4v) is 1.51. The van der Waals surface area contributed by atoms with Crippen LogP contribution in [0.2, 0.25) is 0 Å². The van der Waals surface area contributed by atoms with E-state index < -0.39 is 0 Å². The van der Waals surface area contributed by atoms with Crippen LogP contribution in [0.1, 0.15) is 41.5 Å². The SMILES string of the molecule is CC(C)NCC(C)(C)CN(C)C(C)(C)CO. The van der Waals surface area contributed by atoms with Crippen molar-refractivity contribution in [2.45, 2.75) is 53.1 Å². The molecule has 2 N–H and O–H groups in total. The molecule has 0 aromatic carbocycles. The summed E-state index contributed by atoms with van der Waals surface area (Å²) in [5.41, 5.74) is 0.0700. The first kappa shape index (κ1) is 15.9. The summed E-state index contributed by atoms with van der Waals surface area (Å²) in [5, 5.41) is 12.8. The van der Waals surface area contributed by atoms with E-state index in [1.807, 2.05) is 0 Å². The van der Waals surface area contributed by atoms with Gasteiger partial charge < -0.3 is 10.4 Å². The highest BCUT2D eigenvalue weighted by Gasteiger charge is 2.28. The Bertz CT molecular complexity index is 200. The molecule has 16 heavy (non-hydrogen) atoms. The van der Waals surface area contributed by atoms with Crippen molar-refractivity contribution in [1.82, 2.24) is 10.2 Å². The Kier molecular flexibility index (Phi) is 5.94. The zero-order valence-corrected chi connectivity index (χ0v) is 12.1. The van der Waals surface area contributed by atoms with Gasteiger partial charge in [0, 0.05) is 24.7 Å². The number of nitrogens with one attached hydrogen (secondary N) is 1. The van der Waals surface area contributed by atoms with E-state index in [-0.39, 0.29) is 17.6 Å². The molecule has 0 radical (unpaired) electrons. The van der Waals surface area contributed by atoms with Crippen LogP contribution in [-0.2, 0) is 0 Å². The molecule has 0 saturated carbocycles. The van der Waals surface area contributed by atoms with Crippen molar-refractivity contribution in [3.8, 4) is 0 Å². The lowest BCUT2D eigenvalue weighted by Crippen LogP contribution is -2.50. The summed E-state index contributed by atoms with van der Waals surface area (Å²) < 4.78 is 0. The number of aliphatic hydroxyl groups is 1. The van der Waals surface area contributed by atoms with E-state index in [1.54, 1.807) is 0 Å². The highest BCUT2D eigenvalue weighted by Crippen LogP contribution is 2.20. The third-order valence-corrected chi connectivity index (χ3v) is 3.07. The van der Waals surface area contributed by atoms with Gasteiger partial charge in [-0.25, -0.2) is 0 Å². The molecule has 0 aromatic rings. The fraction of sp³-hybridized carbons (Fsp3) is 1.00. The van der Waals surface area contributed by atoms with E-state index in [2.05, 4.69) is 58.8 Å². The normalized spacial score (nSPS) is 13.9. The number of hydrogen-bond donors (Lipinski definition) is 2. The van der Waals surface area contributed by atoms with Crippen LogP contribution in [0.25, 0.3) is 0 Å². The van der Waals surface area contributed by atoms with Crippen molar-refractivity contribution in [1.29, 1.82) is 0 Å². The highest BCUT2D eigenvalue weighted by atomic mass is 16.3. The van der Waals surface area contributed by atoms with Crippen LogP contribution in [0, 0.1) is 5.41 Å². The van der Waals surface area contributed by atoms with Gasteiger partial charge in [0.15, 0.2) is 0 Å². The Morgan fingerprint density at radius 1 is 1.19 bits per heavy atom. The van der Waals surface area contributed by atoms with E-state index in [4.69, 9.17) is 0 Å². The second kappa shape index (κ2) is 5.99. The van der Waals surface area contributed by atoms with Gasteiger partial charge >= 0.3 is 0 Å². The fourth-order valence-electron chi connectivity index (χ4n) is 1.51. The first-order valence-electron chi connectivity index (χ1n) is 6.16. The molecule has 0 rings (SSSR count). The summed E-state index contributed by atoms with van der Waals surface area (Å²) >= 11 is 0. The molecule has 0 heterocycles. The summed E-state index contributed by atoms with van der Waals surface area (Å²) in [7, 11) is 2.08. The highest BCUT2D eigenvalue weighted by molar-refractivity contribution is 4.84. The molecule has 0 aliphatic carbocycles.